The van der Waals surface area contributed by atoms with Crippen molar-refractivity contribution in [2.75, 3.05) is 0 Å². The molecule has 3 rings (SSSR count). The first kappa shape index (κ1) is 15.5. The van der Waals surface area contributed by atoms with Crippen LogP contribution in [0.25, 0.3) is 10.9 Å². The number of fused-ring (bicyclic) bond motifs is 1. The Kier molecular flexibility index (Phi) is 4.07. The number of carboxylic acid groups (broad SMARTS) is 1. The third-order valence-electron chi connectivity index (χ3n) is 5.05. The highest BCUT2D eigenvalue weighted by molar-refractivity contribution is 5.76. The van der Waals surface area contributed by atoms with Crippen molar-refractivity contribution in [3.8, 4) is 0 Å². The number of rotatable bonds is 3. The van der Waals surface area contributed by atoms with Crippen LogP contribution < -0.4 is 11.2 Å². The number of nitrogens with zero attached hydrogens (tertiary/aromatic N) is 1. The highest BCUT2D eigenvalue weighted by atomic mass is 16.4. The second kappa shape index (κ2) is 6.02. The second-order valence-electron chi connectivity index (χ2n) is 6.34. The quantitative estimate of drug-likeness (QED) is 0.907. The zero-order valence-electron chi connectivity index (χ0n) is 13.0. The van der Waals surface area contributed by atoms with Gasteiger partial charge in [-0.25, -0.2) is 4.79 Å². The molecule has 1 aliphatic carbocycles. The van der Waals surface area contributed by atoms with Gasteiger partial charge >= 0.3 is 11.7 Å². The Morgan fingerprint density at radius 2 is 1.87 bits per heavy atom. The third kappa shape index (κ3) is 2.81. The lowest BCUT2D eigenvalue weighted by Gasteiger charge is -2.31. The Bertz CT molecular complexity index is 844. The first-order valence-corrected chi connectivity index (χ1v) is 7.95. The van der Waals surface area contributed by atoms with Crippen molar-refractivity contribution in [1.82, 2.24) is 9.55 Å². The summed E-state index contributed by atoms with van der Waals surface area (Å²) in [6.07, 6.45) is 2.64. The van der Waals surface area contributed by atoms with Crippen molar-refractivity contribution in [3.63, 3.8) is 0 Å². The molecule has 2 aromatic rings. The van der Waals surface area contributed by atoms with Crippen LogP contribution >= 0.6 is 0 Å². The van der Waals surface area contributed by atoms with Gasteiger partial charge in [0.1, 0.15) is 0 Å². The van der Waals surface area contributed by atoms with Crippen LogP contribution in [0.4, 0.5) is 0 Å². The normalized spacial score (nSPS) is 22.8. The molecule has 1 atom stereocenters. The summed E-state index contributed by atoms with van der Waals surface area (Å²) in [5.41, 5.74) is -0.140. The Morgan fingerprint density at radius 1 is 1.22 bits per heavy atom. The molecule has 6 nitrogen and oxygen atoms in total. The Hall–Kier alpha value is -2.37. The molecule has 0 aliphatic heterocycles. The Labute approximate surface area is 132 Å². The number of hydrogen-bond donors (Lipinski definition) is 2. The topological polar surface area (TPSA) is 92.2 Å². The number of carboxylic acids is 1. The largest absolute Gasteiger partial charge is 0.481 e. The van der Waals surface area contributed by atoms with E-state index in [0.29, 0.717) is 23.7 Å². The van der Waals surface area contributed by atoms with Gasteiger partial charge in [-0.1, -0.05) is 12.1 Å². The first-order valence-electron chi connectivity index (χ1n) is 7.95. The van der Waals surface area contributed by atoms with Gasteiger partial charge in [0.2, 0.25) is 0 Å². The smallest absolute Gasteiger partial charge is 0.329 e. The minimum atomic E-state index is -0.753. The fourth-order valence-corrected chi connectivity index (χ4v) is 3.61. The number of hydrogen-bond acceptors (Lipinski definition) is 3. The summed E-state index contributed by atoms with van der Waals surface area (Å²) < 4.78 is 1.29. The maximum atomic E-state index is 12.7. The predicted molar refractivity (Wildman–Crippen MR) is 86.6 cm³/mol. The van der Waals surface area contributed by atoms with Gasteiger partial charge in [0, 0.05) is 6.04 Å². The lowest BCUT2D eigenvalue weighted by molar-refractivity contribution is -0.143. The highest BCUT2D eigenvalue weighted by Crippen LogP contribution is 2.34. The lowest BCUT2D eigenvalue weighted by Crippen LogP contribution is -2.40. The highest BCUT2D eigenvalue weighted by Gasteiger charge is 2.30. The van der Waals surface area contributed by atoms with E-state index in [-0.39, 0.29) is 23.4 Å². The molecule has 1 aromatic heterocycles. The van der Waals surface area contributed by atoms with E-state index in [2.05, 4.69) is 4.98 Å². The molecular formula is C17H20N2O4. The average Bonchev–Trinajstić information content (AvgIpc) is 2.54. The molecule has 6 heteroatoms. The molecule has 1 unspecified atom stereocenters. The van der Waals surface area contributed by atoms with Crippen molar-refractivity contribution >= 4 is 16.9 Å². The number of aliphatic carboxylic acids is 1. The molecule has 1 aliphatic rings. The van der Waals surface area contributed by atoms with Crippen LogP contribution in [0.1, 0.15) is 38.6 Å². The zero-order chi connectivity index (χ0) is 16.6. The van der Waals surface area contributed by atoms with Crippen LogP contribution in [0.5, 0.6) is 0 Å². The predicted octanol–water partition coefficient (Wildman–Crippen LogP) is 2.14. The van der Waals surface area contributed by atoms with Gasteiger partial charge in [0.15, 0.2) is 0 Å². The van der Waals surface area contributed by atoms with Gasteiger partial charge in [0.25, 0.3) is 5.56 Å². The maximum Gasteiger partial charge on any atom is 0.329 e. The summed E-state index contributed by atoms with van der Waals surface area (Å²) >= 11 is 0. The maximum absolute atomic E-state index is 12.7. The molecular weight excluding hydrogens is 296 g/mol. The van der Waals surface area contributed by atoms with Crippen molar-refractivity contribution in [1.29, 1.82) is 0 Å². The van der Waals surface area contributed by atoms with E-state index in [1.54, 1.807) is 24.3 Å². The number of H-pyrrole nitrogens is 1. The van der Waals surface area contributed by atoms with E-state index in [1.165, 1.54) is 4.57 Å². The standard InChI is InChI=1S/C17H20N2O4/c1-10(11-6-8-12(9-7-11)16(21)22)19-15(20)13-4-2-3-5-14(13)18-17(19)23/h2-5,10-12H,6-9H2,1H3,(H,18,23)(H,21,22). The van der Waals surface area contributed by atoms with Crippen LogP contribution in [-0.2, 0) is 4.79 Å². The molecule has 0 saturated heterocycles. The fraction of sp³-hybridized carbons (Fsp3) is 0.471. The van der Waals surface area contributed by atoms with Gasteiger partial charge < -0.3 is 10.1 Å². The van der Waals surface area contributed by atoms with Crippen LogP contribution in [0.15, 0.2) is 33.9 Å². The van der Waals surface area contributed by atoms with Crippen LogP contribution in [0.3, 0.4) is 0 Å². The van der Waals surface area contributed by atoms with Crippen molar-refractivity contribution in [2.24, 2.45) is 11.8 Å². The summed E-state index contributed by atoms with van der Waals surface area (Å²) in [5, 5.41) is 9.57. The first-order chi connectivity index (χ1) is 11.0. The van der Waals surface area contributed by atoms with Gasteiger partial charge in [-0.15, -0.1) is 0 Å². The number of aromatic nitrogens is 2. The van der Waals surface area contributed by atoms with Gasteiger partial charge in [-0.2, -0.15) is 0 Å². The van der Waals surface area contributed by atoms with E-state index in [4.69, 9.17) is 5.11 Å². The molecule has 0 bridgehead atoms. The zero-order valence-corrected chi connectivity index (χ0v) is 13.0. The van der Waals surface area contributed by atoms with Gasteiger partial charge in [-0.3, -0.25) is 14.2 Å². The molecule has 23 heavy (non-hydrogen) atoms. The summed E-state index contributed by atoms with van der Waals surface area (Å²) in [7, 11) is 0. The molecule has 122 valence electrons. The van der Waals surface area contributed by atoms with E-state index in [1.807, 2.05) is 6.92 Å². The summed E-state index contributed by atoms with van der Waals surface area (Å²) in [6.45, 7) is 1.87. The van der Waals surface area contributed by atoms with E-state index in [9.17, 15) is 14.4 Å². The number of aromatic amines is 1. The van der Waals surface area contributed by atoms with Crippen molar-refractivity contribution < 1.29 is 9.90 Å². The molecule has 1 aromatic carbocycles. The minimum Gasteiger partial charge on any atom is -0.481 e. The van der Waals surface area contributed by atoms with E-state index in [0.717, 1.165) is 12.8 Å². The number of nitrogens with one attached hydrogen (secondary N) is 1. The third-order valence-corrected chi connectivity index (χ3v) is 5.05. The molecule has 0 spiro atoms. The minimum absolute atomic E-state index is 0.144. The fourth-order valence-electron chi connectivity index (χ4n) is 3.61. The molecule has 1 fully saturated rings. The SMILES string of the molecule is CC(C1CCC(C(=O)O)CC1)n1c(=O)[nH]c2ccccc2c1=O. The Morgan fingerprint density at radius 3 is 2.52 bits per heavy atom. The second-order valence-corrected chi connectivity index (χ2v) is 6.34. The molecule has 0 amide bonds. The van der Waals surface area contributed by atoms with Crippen molar-refractivity contribution in [3.05, 3.63) is 45.1 Å². The molecule has 2 N–H and O–H groups in total. The van der Waals surface area contributed by atoms with Crippen molar-refractivity contribution in [2.45, 2.75) is 38.6 Å². The van der Waals surface area contributed by atoms with Crippen LogP contribution in [0, 0.1) is 11.8 Å². The number of para-hydroxylation sites is 1. The molecule has 1 heterocycles. The summed E-state index contributed by atoms with van der Waals surface area (Å²) in [5.74, 6) is -0.910. The van der Waals surface area contributed by atoms with E-state index >= 15 is 0 Å². The summed E-state index contributed by atoms with van der Waals surface area (Å²) in [4.78, 5) is 38.8. The van der Waals surface area contributed by atoms with Gasteiger partial charge in [0.05, 0.1) is 16.8 Å². The lowest BCUT2D eigenvalue weighted by atomic mass is 9.79. The summed E-state index contributed by atoms with van der Waals surface area (Å²) in [6, 6.07) is 6.72. The molecule has 0 radical (unpaired) electrons. The number of carbonyl (C=O) groups is 1. The Balaban J connectivity index is 1.93. The van der Waals surface area contributed by atoms with Crippen LogP contribution in [0.2, 0.25) is 0 Å². The van der Waals surface area contributed by atoms with E-state index < -0.39 is 11.7 Å². The number of benzene rings is 1. The van der Waals surface area contributed by atoms with Crippen LogP contribution in [-0.4, -0.2) is 20.6 Å². The van der Waals surface area contributed by atoms with Gasteiger partial charge in [-0.05, 0) is 50.7 Å². The average molecular weight is 316 g/mol. The monoisotopic (exact) mass is 316 g/mol. The molecule has 1 saturated carbocycles.